The van der Waals surface area contributed by atoms with Crippen molar-refractivity contribution >= 4 is 39.7 Å². The molecule has 1 aromatic carbocycles. The fourth-order valence-corrected chi connectivity index (χ4v) is 4.27. The third-order valence-electron chi connectivity index (χ3n) is 4.82. The summed E-state index contributed by atoms with van der Waals surface area (Å²) in [4.78, 5) is 14.9. The zero-order chi connectivity index (χ0) is 18.8. The second-order valence-electron chi connectivity index (χ2n) is 6.64. The van der Waals surface area contributed by atoms with Gasteiger partial charge >= 0.3 is 0 Å². The summed E-state index contributed by atoms with van der Waals surface area (Å²) in [7, 11) is 0. The zero-order valence-corrected chi connectivity index (χ0v) is 16.5. The van der Waals surface area contributed by atoms with Crippen LogP contribution >= 0.6 is 22.9 Å². The summed E-state index contributed by atoms with van der Waals surface area (Å²) in [6.45, 7) is 3.45. The predicted octanol–water partition coefficient (Wildman–Crippen LogP) is 4.15. The quantitative estimate of drug-likeness (QED) is 0.713. The van der Waals surface area contributed by atoms with E-state index in [9.17, 15) is 4.79 Å². The molecule has 8 heteroatoms. The first-order chi connectivity index (χ1) is 13.1. The van der Waals surface area contributed by atoms with Gasteiger partial charge in [-0.25, -0.2) is 0 Å². The van der Waals surface area contributed by atoms with Gasteiger partial charge in [0.25, 0.3) is 0 Å². The molecule has 1 unspecified atom stereocenters. The monoisotopic (exact) mass is 401 g/mol. The molecule has 4 rings (SSSR count). The van der Waals surface area contributed by atoms with Crippen LogP contribution in [0.5, 0.6) is 0 Å². The molecule has 0 saturated carbocycles. The van der Waals surface area contributed by atoms with Crippen LogP contribution in [0, 0.1) is 12.8 Å². The Morgan fingerprint density at radius 2 is 2.00 bits per heavy atom. The molecule has 0 radical (unpaired) electrons. The number of amides is 1. The fourth-order valence-electron chi connectivity index (χ4n) is 3.24. The van der Waals surface area contributed by atoms with Crippen LogP contribution in [0.1, 0.15) is 18.4 Å². The first kappa shape index (κ1) is 18.0. The molecule has 140 valence electrons. The van der Waals surface area contributed by atoms with Crippen molar-refractivity contribution in [2.75, 3.05) is 23.3 Å². The maximum Gasteiger partial charge on any atom is 0.229 e. The van der Waals surface area contributed by atoms with E-state index in [0.717, 1.165) is 40.9 Å². The number of nitrogens with one attached hydrogen (secondary N) is 1. The van der Waals surface area contributed by atoms with Gasteiger partial charge in [-0.1, -0.05) is 29.0 Å². The molecule has 3 heterocycles. The van der Waals surface area contributed by atoms with Crippen LogP contribution in [0.2, 0.25) is 5.02 Å². The topological polar surface area (TPSA) is 63.1 Å². The summed E-state index contributed by atoms with van der Waals surface area (Å²) in [5.74, 6) is -0.0590. The molecule has 1 N–H and O–H groups in total. The van der Waals surface area contributed by atoms with Gasteiger partial charge in [0.15, 0.2) is 0 Å². The van der Waals surface area contributed by atoms with Crippen LogP contribution in [0.4, 0.5) is 10.8 Å². The van der Waals surface area contributed by atoms with Crippen molar-refractivity contribution in [3.05, 3.63) is 53.3 Å². The number of hydrogen-bond acceptors (Lipinski definition) is 5. The van der Waals surface area contributed by atoms with Crippen LogP contribution < -0.4 is 10.2 Å². The fraction of sp³-hybridized carbons (Fsp3) is 0.316. The molecule has 1 aliphatic rings. The van der Waals surface area contributed by atoms with Gasteiger partial charge in [-0.05, 0) is 49.6 Å². The second kappa shape index (κ2) is 7.70. The molecule has 1 amide bonds. The number of anilines is 2. The predicted molar refractivity (Wildman–Crippen MR) is 109 cm³/mol. The number of nitrogens with zero attached hydrogens (tertiary/aromatic N) is 4. The van der Waals surface area contributed by atoms with Gasteiger partial charge in [-0.3, -0.25) is 9.36 Å². The molecule has 0 aliphatic carbocycles. The third-order valence-corrected chi connectivity index (χ3v) is 6.22. The van der Waals surface area contributed by atoms with Crippen molar-refractivity contribution in [2.24, 2.45) is 5.92 Å². The lowest BCUT2D eigenvalue weighted by Crippen LogP contribution is -2.40. The van der Waals surface area contributed by atoms with Crippen molar-refractivity contribution in [2.45, 2.75) is 19.8 Å². The summed E-state index contributed by atoms with van der Waals surface area (Å²) in [6, 6.07) is 9.48. The van der Waals surface area contributed by atoms with E-state index >= 15 is 0 Å². The average molecular weight is 402 g/mol. The SMILES string of the molecule is Cc1c(Cl)cccc1NC(=O)C1CCCN(c2nnc(-n3cccc3)s2)C1. The molecule has 1 fully saturated rings. The van der Waals surface area contributed by atoms with Crippen LogP contribution in [-0.2, 0) is 4.79 Å². The molecule has 2 aromatic heterocycles. The smallest absolute Gasteiger partial charge is 0.229 e. The Bertz CT molecular complexity index is 939. The number of carbonyl (C=O) groups excluding carboxylic acids is 1. The Labute approximate surface area is 166 Å². The number of rotatable bonds is 4. The minimum Gasteiger partial charge on any atom is -0.346 e. The highest BCUT2D eigenvalue weighted by atomic mass is 35.5. The van der Waals surface area contributed by atoms with Crippen LogP contribution in [-0.4, -0.2) is 33.8 Å². The normalized spacial score (nSPS) is 17.1. The first-order valence-electron chi connectivity index (χ1n) is 8.89. The highest BCUT2D eigenvalue weighted by Gasteiger charge is 2.28. The Morgan fingerprint density at radius 1 is 1.22 bits per heavy atom. The van der Waals surface area contributed by atoms with Crippen LogP contribution in [0.3, 0.4) is 0 Å². The standard InChI is InChI=1S/C19H20ClN5OS/c1-13-15(20)7-4-8-16(13)21-17(26)14-6-5-11-25(12-14)19-23-22-18(27-19)24-9-2-3-10-24/h2-4,7-10,14H,5-6,11-12H2,1H3,(H,21,26). The lowest BCUT2D eigenvalue weighted by Gasteiger charge is -2.31. The van der Waals surface area contributed by atoms with Crippen molar-refractivity contribution in [1.82, 2.24) is 14.8 Å². The third kappa shape index (κ3) is 3.84. The largest absolute Gasteiger partial charge is 0.346 e. The van der Waals surface area contributed by atoms with Gasteiger partial charge in [-0.15, -0.1) is 10.2 Å². The molecule has 27 heavy (non-hydrogen) atoms. The number of piperidine rings is 1. The molecule has 0 spiro atoms. The summed E-state index contributed by atoms with van der Waals surface area (Å²) < 4.78 is 1.94. The lowest BCUT2D eigenvalue weighted by atomic mass is 9.97. The van der Waals surface area contributed by atoms with E-state index in [-0.39, 0.29) is 11.8 Å². The minimum absolute atomic E-state index is 0.0280. The van der Waals surface area contributed by atoms with Crippen LogP contribution in [0.25, 0.3) is 5.13 Å². The van der Waals surface area contributed by atoms with Gasteiger partial charge in [0, 0.05) is 36.2 Å². The number of halogens is 1. The van der Waals surface area contributed by atoms with Crippen molar-refractivity contribution < 1.29 is 4.79 Å². The lowest BCUT2D eigenvalue weighted by molar-refractivity contribution is -0.120. The Balaban J connectivity index is 1.45. The number of carbonyl (C=O) groups is 1. The number of hydrogen-bond donors (Lipinski definition) is 1. The Hall–Kier alpha value is -2.38. The van der Waals surface area contributed by atoms with Gasteiger partial charge in [0.2, 0.25) is 16.2 Å². The second-order valence-corrected chi connectivity index (χ2v) is 7.99. The molecule has 1 saturated heterocycles. The van der Waals surface area contributed by atoms with E-state index in [1.54, 1.807) is 0 Å². The maximum absolute atomic E-state index is 12.8. The molecule has 0 bridgehead atoms. The summed E-state index contributed by atoms with van der Waals surface area (Å²) >= 11 is 7.69. The number of aromatic nitrogens is 3. The molecule has 1 atom stereocenters. The van der Waals surface area contributed by atoms with Gasteiger partial charge < -0.3 is 10.2 Å². The maximum atomic E-state index is 12.8. The zero-order valence-electron chi connectivity index (χ0n) is 14.9. The minimum atomic E-state index is -0.0870. The molecular weight excluding hydrogens is 382 g/mol. The number of benzene rings is 1. The molecule has 6 nitrogen and oxygen atoms in total. The highest BCUT2D eigenvalue weighted by molar-refractivity contribution is 7.17. The van der Waals surface area contributed by atoms with Gasteiger partial charge in [0.05, 0.1) is 5.92 Å². The van der Waals surface area contributed by atoms with Crippen LogP contribution in [0.15, 0.2) is 42.7 Å². The van der Waals surface area contributed by atoms with E-state index in [4.69, 9.17) is 11.6 Å². The summed E-state index contributed by atoms with van der Waals surface area (Å²) in [5.41, 5.74) is 1.66. The first-order valence-corrected chi connectivity index (χ1v) is 10.1. The van der Waals surface area contributed by atoms with Gasteiger partial charge in [-0.2, -0.15) is 0 Å². The highest BCUT2D eigenvalue weighted by Crippen LogP contribution is 2.29. The Kier molecular flexibility index (Phi) is 5.13. The van der Waals surface area contributed by atoms with Crippen molar-refractivity contribution in [3.63, 3.8) is 0 Å². The van der Waals surface area contributed by atoms with E-state index in [2.05, 4.69) is 20.4 Å². The van der Waals surface area contributed by atoms with E-state index < -0.39 is 0 Å². The summed E-state index contributed by atoms with van der Waals surface area (Å²) in [6.07, 6.45) is 5.71. The van der Waals surface area contributed by atoms with E-state index in [1.165, 1.54) is 11.3 Å². The van der Waals surface area contributed by atoms with Gasteiger partial charge in [0.1, 0.15) is 0 Å². The molecular formula is C19H20ClN5OS. The molecule has 3 aromatic rings. The Morgan fingerprint density at radius 3 is 2.81 bits per heavy atom. The average Bonchev–Trinajstić information content (AvgIpc) is 3.37. The summed E-state index contributed by atoms with van der Waals surface area (Å²) in [5, 5.41) is 14.0. The van der Waals surface area contributed by atoms with E-state index in [1.807, 2.05) is 54.2 Å². The van der Waals surface area contributed by atoms with Crippen molar-refractivity contribution in [3.8, 4) is 5.13 Å². The van der Waals surface area contributed by atoms with E-state index in [0.29, 0.717) is 11.6 Å². The molecule has 1 aliphatic heterocycles. The van der Waals surface area contributed by atoms with Crippen molar-refractivity contribution in [1.29, 1.82) is 0 Å².